The van der Waals surface area contributed by atoms with Gasteiger partial charge in [-0.25, -0.2) is 8.42 Å². The van der Waals surface area contributed by atoms with Gasteiger partial charge in [-0.2, -0.15) is 5.10 Å². The third-order valence-corrected chi connectivity index (χ3v) is 5.83. The Kier molecular flexibility index (Phi) is 3.27. The number of hydrogen-bond acceptors (Lipinski definition) is 5. The molecular formula is C12H21N3O2S. The van der Waals surface area contributed by atoms with Crippen molar-refractivity contribution in [1.29, 1.82) is 0 Å². The van der Waals surface area contributed by atoms with Crippen LogP contribution in [0.1, 0.15) is 13.8 Å². The fourth-order valence-corrected chi connectivity index (χ4v) is 5.02. The fourth-order valence-electron chi connectivity index (χ4n) is 2.87. The first-order valence-corrected chi connectivity index (χ1v) is 7.95. The van der Waals surface area contributed by atoms with E-state index in [1.54, 1.807) is 5.01 Å². The van der Waals surface area contributed by atoms with Crippen LogP contribution in [-0.4, -0.2) is 62.2 Å². The average molecular weight is 271 g/mol. The predicted molar refractivity (Wildman–Crippen MR) is 73.2 cm³/mol. The van der Waals surface area contributed by atoms with Crippen molar-refractivity contribution in [3.8, 4) is 0 Å². The van der Waals surface area contributed by atoms with E-state index in [1.165, 1.54) is 0 Å². The molecule has 2 fully saturated rings. The molecule has 0 aliphatic carbocycles. The molecular weight excluding hydrogens is 250 g/mol. The van der Waals surface area contributed by atoms with Gasteiger partial charge in [-0.1, -0.05) is 6.58 Å². The SMILES string of the molecule is C=NN1CC2(CN(C(C)C)CC1=C)CS(=O)(=O)C2. The van der Waals surface area contributed by atoms with Crippen LogP contribution in [0.3, 0.4) is 0 Å². The molecule has 0 unspecified atom stereocenters. The molecule has 2 saturated heterocycles. The summed E-state index contributed by atoms with van der Waals surface area (Å²) in [5.41, 5.74) is 0.684. The van der Waals surface area contributed by atoms with E-state index < -0.39 is 9.84 Å². The van der Waals surface area contributed by atoms with E-state index in [9.17, 15) is 8.42 Å². The van der Waals surface area contributed by atoms with Gasteiger partial charge in [-0.15, -0.1) is 0 Å². The number of hydrazone groups is 1. The van der Waals surface area contributed by atoms with Crippen LogP contribution >= 0.6 is 0 Å². The molecule has 1 spiro atoms. The van der Waals surface area contributed by atoms with Gasteiger partial charge in [0, 0.05) is 37.0 Å². The second-order valence-corrected chi connectivity index (χ2v) is 7.86. The lowest BCUT2D eigenvalue weighted by Crippen LogP contribution is -2.58. The van der Waals surface area contributed by atoms with Gasteiger partial charge in [0.25, 0.3) is 0 Å². The smallest absolute Gasteiger partial charge is 0.151 e. The molecule has 0 N–H and O–H groups in total. The molecule has 0 radical (unpaired) electrons. The van der Waals surface area contributed by atoms with E-state index >= 15 is 0 Å². The maximum absolute atomic E-state index is 11.5. The molecule has 0 bridgehead atoms. The van der Waals surface area contributed by atoms with Crippen molar-refractivity contribution in [2.45, 2.75) is 19.9 Å². The molecule has 2 aliphatic heterocycles. The normalized spacial score (nSPS) is 27.1. The molecule has 0 saturated carbocycles. The molecule has 18 heavy (non-hydrogen) atoms. The Balaban J connectivity index is 2.25. The van der Waals surface area contributed by atoms with Crippen LogP contribution in [0.4, 0.5) is 0 Å². The quantitative estimate of drug-likeness (QED) is 0.689. The Morgan fingerprint density at radius 2 is 1.94 bits per heavy atom. The van der Waals surface area contributed by atoms with Crippen molar-refractivity contribution in [3.63, 3.8) is 0 Å². The molecule has 0 aromatic rings. The van der Waals surface area contributed by atoms with Gasteiger partial charge in [-0.05, 0) is 13.8 Å². The lowest BCUT2D eigenvalue weighted by molar-refractivity contribution is 0.155. The van der Waals surface area contributed by atoms with Gasteiger partial charge in [0.15, 0.2) is 9.84 Å². The van der Waals surface area contributed by atoms with Crippen LogP contribution in [0.15, 0.2) is 17.4 Å². The topological polar surface area (TPSA) is 53.0 Å². The second-order valence-electron chi connectivity index (χ2n) is 5.80. The van der Waals surface area contributed by atoms with Crippen molar-refractivity contribution in [2.75, 3.05) is 31.1 Å². The minimum absolute atomic E-state index is 0.205. The lowest BCUT2D eigenvalue weighted by atomic mass is 9.90. The second kappa shape index (κ2) is 4.35. The summed E-state index contributed by atoms with van der Waals surface area (Å²) >= 11 is 0. The molecule has 5 nitrogen and oxygen atoms in total. The Morgan fingerprint density at radius 1 is 1.33 bits per heavy atom. The maximum Gasteiger partial charge on any atom is 0.151 e. The van der Waals surface area contributed by atoms with Gasteiger partial charge in [0.05, 0.1) is 18.1 Å². The zero-order valence-corrected chi connectivity index (χ0v) is 11.9. The third-order valence-electron chi connectivity index (χ3n) is 3.73. The van der Waals surface area contributed by atoms with E-state index in [4.69, 9.17) is 0 Å². The standard InChI is InChI=1S/C12H21N3O2S/c1-10(2)14-5-11(3)15(13-4)7-12(6-14)8-18(16,17)9-12/h10H,3-9H2,1-2H3. The first kappa shape index (κ1) is 13.5. The lowest BCUT2D eigenvalue weighted by Gasteiger charge is -2.43. The largest absolute Gasteiger partial charge is 0.294 e. The summed E-state index contributed by atoms with van der Waals surface area (Å²) in [6.07, 6.45) is 0. The van der Waals surface area contributed by atoms with E-state index in [1.807, 2.05) is 0 Å². The Labute approximate surface area is 109 Å². The predicted octanol–water partition coefficient (Wildman–Crippen LogP) is 0.556. The maximum atomic E-state index is 11.5. The van der Waals surface area contributed by atoms with Crippen molar-refractivity contribution < 1.29 is 8.42 Å². The number of rotatable bonds is 2. The van der Waals surface area contributed by atoms with Crippen LogP contribution in [0.2, 0.25) is 0 Å². The highest BCUT2D eigenvalue weighted by molar-refractivity contribution is 7.92. The Bertz CT molecular complexity index is 458. The monoisotopic (exact) mass is 271 g/mol. The summed E-state index contributed by atoms with van der Waals surface area (Å²) in [6.45, 7) is 13.9. The highest BCUT2D eigenvalue weighted by Gasteiger charge is 2.51. The van der Waals surface area contributed by atoms with Crippen LogP contribution < -0.4 is 0 Å². The van der Waals surface area contributed by atoms with Gasteiger partial charge in [0.1, 0.15) is 0 Å². The molecule has 0 aromatic heterocycles. The molecule has 0 aromatic carbocycles. The molecule has 2 rings (SSSR count). The summed E-state index contributed by atoms with van der Waals surface area (Å²) in [7, 11) is -2.85. The Hall–Kier alpha value is -0.880. The van der Waals surface area contributed by atoms with Crippen molar-refractivity contribution >= 4 is 16.6 Å². The summed E-state index contributed by atoms with van der Waals surface area (Å²) in [4.78, 5) is 2.27. The molecule has 2 aliphatic rings. The van der Waals surface area contributed by atoms with Crippen LogP contribution in [0.25, 0.3) is 0 Å². The van der Waals surface area contributed by atoms with Crippen LogP contribution in [0, 0.1) is 5.41 Å². The van der Waals surface area contributed by atoms with E-state index in [0.29, 0.717) is 12.6 Å². The van der Waals surface area contributed by atoms with E-state index in [0.717, 1.165) is 18.8 Å². The molecule has 2 heterocycles. The Morgan fingerprint density at radius 3 is 2.39 bits per heavy atom. The summed E-state index contributed by atoms with van der Waals surface area (Å²) in [6, 6.07) is 0.367. The number of sulfone groups is 1. The highest BCUT2D eigenvalue weighted by atomic mass is 32.2. The molecule has 0 amide bonds. The number of hydrogen-bond donors (Lipinski definition) is 0. The first-order chi connectivity index (χ1) is 8.27. The van der Waals surface area contributed by atoms with E-state index in [2.05, 4.69) is 37.1 Å². The van der Waals surface area contributed by atoms with Gasteiger partial charge < -0.3 is 0 Å². The number of nitrogens with zero attached hydrogens (tertiary/aromatic N) is 3. The summed E-state index contributed by atoms with van der Waals surface area (Å²) < 4.78 is 23.0. The van der Waals surface area contributed by atoms with E-state index in [-0.39, 0.29) is 16.9 Å². The molecule has 0 atom stereocenters. The van der Waals surface area contributed by atoms with Crippen molar-refractivity contribution in [2.24, 2.45) is 10.5 Å². The zero-order valence-electron chi connectivity index (χ0n) is 11.1. The van der Waals surface area contributed by atoms with Crippen LogP contribution in [-0.2, 0) is 9.84 Å². The minimum Gasteiger partial charge on any atom is -0.294 e. The van der Waals surface area contributed by atoms with Gasteiger partial charge >= 0.3 is 0 Å². The highest BCUT2D eigenvalue weighted by Crippen LogP contribution is 2.38. The first-order valence-electron chi connectivity index (χ1n) is 6.13. The van der Waals surface area contributed by atoms with Crippen molar-refractivity contribution in [3.05, 3.63) is 12.3 Å². The van der Waals surface area contributed by atoms with Gasteiger partial charge in [0.2, 0.25) is 0 Å². The minimum atomic E-state index is -2.85. The van der Waals surface area contributed by atoms with Gasteiger partial charge in [-0.3, -0.25) is 9.91 Å². The third kappa shape index (κ3) is 2.44. The van der Waals surface area contributed by atoms with Crippen LogP contribution in [0.5, 0.6) is 0 Å². The molecule has 6 heteroatoms. The summed E-state index contributed by atoms with van der Waals surface area (Å²) in [5.74, 6) is 0.505. The average Bonchev–Trinajstić information content (AvgIpc) is 2.34. The van der Waals surface area contributed by atoms with Crippen molar-refractivity contribution in [1.82, 2.24) is 9.91 Å². The molecule has 102 valence electrons. The summed E-state index contributed by atoms with van der Waals surface area (Å²) in [5, 5.41) is 5.73. The fraction of sp³-hybridized carbons (Fsp3) is 0.750. The zero-order chi connectivity index (χ0) is 13.6.